The van der Waals surface area contributed by atoms with E-state index in [1.807, 2.05) is 60.7 Å². The van der Waals surface area contributed by atoms with Gasteiger partial charge in [-0.1, -0.05) is 48.5 Å². The number of nitrogens with zero attached hydrogens (tertiary/aromatic N) is 1. The van der Waals surface area contributed by atoms with Crippen molar-refractivity contribution in [2.75, 3.05) is 16.4 Å². The molecule has 0 bridgehead atoms. The molecule has 0 aliphatic rings. The Kier molecular flexibility index (Phi) is 7.83. The second-order valence-corrected chi connectivity index (χ2v) is 7.10. The molecule has 0 heterocycles. The molecule has 0 unspecified atom stereocenters. The largest absolute Gasteiger partial charge is 0.397 e. The lowest BCUT2D eigenvalue weighted by Gasteiger charge is -2.09. The molecule has 0 saturated carbocycles. The summed E-state index contributed by atoms with van der Waals surface area (Å²) in [6, 6.07) is 23.1. The highest BCUT2D eigenvalue weighted by Gasteiger charge is 2.02. The van der Waals surface area contributed by atoms with E-state index >= 15 is 0 Å². The van der Waals surface area contributed by atoms with Crippen LogP contribution in [-0.2, 0) is 17.8 Å². The quantitative estimate of drug-likeness (QED) is 0.0811. The summed E-state index contributed by atoms with van der Waals surface area (Å²) < 4.78 is 0. The first kappa shape index (κ1) is 22.4. The molecular formula is C24H27N7O. The van der Waals surface area contributed by atoms with Crippen LogP contribution in [0.3, 0.4) is 0 Å². The lowest BCUT2D eigenvalue weighted by atomic mass is 10.1. The number of carbonyl (C=O) groups excluding carboxylic acids is 1. The molecule has 3 rings (SSSR count). The van der Waals surface area contributed by atoms with Crippen LogP contribution >= 0.6 is 0 Å². The van der Waals surface area contributed by atoms with Crippen molar-refractivity contribution in [1.82, 2.24) is 5.43 Å². The molecule has 8 heteroatoms. The van der Waals surface area contributed by atoms with Crippen molar-refractivity contribution >= 4 is 34.9 Å². The van der Waals surface area contributed by atoms with Crippen LogP contribution in [0.1, 0.15) is 16.7 Å². The van der Waals surface area contributed by atoms with Crippen LogP contribution in [-0.4, -0.2) is 11.7 Å². The van der Waals surface area contributed by atoms with Gasteiger partial charge in [-0.3, -0.25) is 4.79 Å². The number of rotatable bonds is 8. The summed E-state index contributed by atoms with van der Waals surface area (Å²) >= 11 is 0. The molecule has 3 aromatic rings. The van der Waals surface area contributed by atoms with Gasteiger partial charge in [0.05, 0.1) is 11.4 Å². The minimum atomic E-state index is -0.232. The van der Waals surface area contributed by atoms with Gasteiger partial charge in [-0.15, -0.1) is 0 Å². The third kappa shape index (κ3) is 6.61. The van der Waals surface area contributed by atoms with Crippen LogP contribution in [0, 0.1) is 0 Å². The fourth-order valence-electron chi connectivity index (χ4n) is 2.98. The van der Waals surface area contributed by atoms with Crippen LogP contribution in [0.5, 0.6) is 0 Å². The minimum absolute atomic E-state index is 0.232. The third-order valence-corrected chi connectivity index (χ3v) is 4.77. The maximum absolute atomic E-state index is 12.1. The molecule has 0 aromatic heterocycles. The van der Waals surface area contributed by atoms with Crippen molar-refractivity contribution in [2.45, 2.75) is 13.0 Å². The van der Waals surface area contributed by atoms with Crippen LogP contribution < -0.4 is 33.5 Å². The molecule has 8 nitrogen and oxygen atoms in total. The van der Waals surface area contributed by atoms with Crippen LogP contribution in [0.15, 0.2) is 84.0 Å². The maximum atomic E-state index is 12.1. The summed E-state index contributed by atoms with van der Waals surface area (Å²) in [4.78, 5) is 12.1. The van der Waals surface area contributed by atoms with Gasteiger partial charge in [0.25, 0.3) is 0 Å². The number of hydrogen-bond donors (Lipinski definition) is 6. The molecule has 0 saturated heterocycles. The van der Waals surface area contributed by atoms with Gasteiger partial charge in [0.1, 0.15) is 5.84 Å². The molecule has 1 amide bonds. The summed E-state index contributed by atoms with van der Waals surface area (Å²) in [7, 11) is 0. The monoisotopic (exact) mass is 429 g/mol. The number of hydrogen-bond acceptors (Lipinski definition) is 6. The number of carbonyl (C=O) groups is 1. The van der Waals surface area contributed by atoms with Gasteiger partial charge < -0.3 is 27.6 Å². The van der Waals surface area contributed by atoms with Crippen molar-refractivity contribution in [1.29, 1.82) is 0 Å². The standard InChI is InChI=1S/C24H27N7O/c25-21-3-1-2-4-22(21)29-24(32)14-11-17-5-7-19(8-6-17)16-28-20-12-9-18(10-13-20)15-23(30-26)31-27/h1-14,28H,15-16,25-27H2,(H,29,32)(H,30,31)/b14-11+. The van der Waals surface area contributed by atoms with E-state index in [1.54, 1.807) is 18.2 Å². The smallest absolute Gasteiger partial charge is 0.248 e. The van der Waals surface area contributed by atoms with Crippen LogP contribution in [0.25, 0.3) is 6.08 Å². The third-order valence-electron chi connectivity index (χ3n) is 4.77. The molecule has 0 atom stereocenters. The molecule has 0 spiro atoms. The van der Waals surface area contributed by atoms with Gasteiger partial charge in [-0.2, -0.15) is 5.10 Å². The summed E-state index contributed by atoms with van der Waals surface area (Å²) in [5, 5.41) is 9.74. The van der Waals surface area contributed by atoms with Gasteiger partial charge >= 0.3 is 0 Å². The second-order valence-electron chi connectivity index (χ2n) is 7.10. The summed E-state index contributed by atoms with van der Waals surface area (Å²) in [6.45, 7) is 0.678. The maximum Gasteiger partial charge on any atom is 0.248 e. The average Bonchev–Trinajstić information content (AvgIpc) is 2.83. The number of nitrogens with two attached hydrogens (primary N) is 3. The SMILES string of the molecule is N/N=C(/Cc1ccc(NCc2ccc(/C=C/C(=O)Nc3ccccc3N)cc2)cc1)NN. The Hall–Kier alpha value is -4.30. The van der Waals surface area contributed by atoms with Gasteiger partial charge in [0.2, 0.25) is 5.91 Å². The van der Waals surface area contributed by atoms with Crippen molar-refractivity contribution in [3.8, 4) is 0 Å². The van der Waals surface area contributed by atoms with Gasteiger partial charge in [-0.25, -0.2) is 5.84 Å². The van der Waals surface area contributed by atoms with Crippen LogP contribution in [0.4, 0.5) is 17.1 Å². The number of anilines is 3. The number of hydrazine groups is 1. The Morgan fingerprint density at radius 3 is 2.28 bits per heavy atom. The number of benzene rings is 3. The first-order valence-corrected chi connectivity index (χ1v) is 10.1. The Balaban J connectivity index is 1.49. The Morgan fingerprint density at radius 2 is 1.62 bits per heavy atom. The first-order valence-electron chi connectivity index (χ1n) is 10.1. The number of amides is 1. The predicted molar refractivity (Wildman–Crippen MR) is 131 cm³/mol. The van der Waals surface area contributed by atoms with E-state index in [9.17, 15) is 4.79 Å². The summed E-state index contributed by atoms with van der Waals surface area (Å²) in [5.74, 6) is 10.9. The molecule has 0 aliphatic carbocycles. The highest BCUT2D eigenvalue weighted by atomic mass is 16.1. The van der Waals surface area contributed by atoms with Crippen LogP contribution in [0.2, 0.25) is 0 Å². The average molecular weight is 430 g/mol. The van der Waals surface area contributed by atoms with Crippen molar-refractivity contribution in [2.24, 2.45) is 16.8 Å². The first-order chi connectivity index (χ1) is 15.6. The van der Waals surface area contributed by atoms with Gasteiger partial charge in [-0.05, 0) is 47.0 Å². The van der Waals surface area contributed by atoms with Gasteiger partial charge in [0.15, 0.2) is 0 Å². The van der Waals surface area contributed by atoms with E-state index in [1.165, 1.54) is 6.08 Å². The lowest BCUT2D eigenvalue weighted by Crippen LogP contribution is -2.32. The molecule has 0 fully saturated rings. The molecule has 32 heavy (non-hydrogen) atoms. The van der Waals surface area contributed by atoms with E-state index in [0.717, 1.165) is 22.4 Å². The van der Waals surface area contributed by atoms with Crippen molar-refractivity contribution < 1.29 is 4.79 Å². The van der Waals surface area contributed by atoms with E-state index in [4.69, 9.17) is 17.4 Å². The fourth-order valence-corrected chi connectivity index (χ4v) is 2.98. The van der Waals surface area contributed by atoms with E-state index in [0.29, 0.717) is 30.2 Å². The van der Waals surface area contributed by atoms with Gasteiger partial charge in [0, 0.05) is 24.7 Å². The second kappa shape index (κ2) is 11.2. The lowest BCUT2D eigenvalue weighted by molar-refractivity contribution is -0.111. The molecule has 3 aromatic carbocycles. The van der Waals surface area contributed by atoms with E-state index < -0.39 is 0 Å². The highest BCUT2D eigenvalue weighted by molar-refractivity contribution is 6.03. The number of para-hydroxylation sites is 2. The number of hydrazone groups is 1. The van der Waals surface area contributed by atoms with Crippen molar-refractivity contribution in [3.63, 3.8) is 0 Å². The topological polar surface area (TPSA) is 144 Å². The fraction of sp³-hybridized carbons (Fsp3) is 0.0833. The summed E-state index contributed by atoms with van der Waals surface area (Å²) in [6.07, 6.45) is 3.79. The normalized spacial score (nSPS) is 11.3. The molecule has 0 radical (unpaired) electrons. The number of nitrogen functional groups attached to an aromatic ring is 1. The predicted octanol–water partition coefficient (Wildman–Crippen LogP) is 2.81. The molecular weight excluding hydrogens is 402 g/mol. The summed E-state index contributed by atoms with van der Waals surface area (Å²) in [5.41, 5.74) is 13.5. The highest BCUT2D eigenvalue weighted by Crippen LogP contribution is 2.17. The number of amidine groups is 1. The van der Waals surface area contributed by atoms with E-state index in [-0.39, 0.29) is 5.91 Å². The molecule has 0 aliphatic heterocycles. The number of nitrogens with one attached hydrogen (secondary N) is 3. The van der Waals surface area contributed by atoms with Crippen molar-refractivity contribution in [3.05, 3.63) is 95.6 Å². The molecule has 164 valence electrons. The zero-order valence-corrected chi connectivity index (χ0v) is 17.6. The zero-order valence-electron chi connectivity index (χ0n) is 17.6. The van der Waals surface area contributed by atoms with E-state index in [2.05, 4.69) is 21.2 Å². The Labute approximate surface area is 187 Å². The zero-order chi connectivity index (χ0) is 22.8. The Morgan fingerprint density at radius 1 is 0.938 bits per heavy atom. The molecule has 9 N–H and O–H groups in total. The minimum Gasteiger partial charge on any atom is -0.397 e. The Bertz CT molecular complexity index is 1090.